The smallest absolute Gasteiger partial charge is 0.255 e. The molecule has 0 saturated carbocycles. The Hall–Kier alpha value is -2.98. The first-order valence-electron chi connectivity index (χ1n) is 8.49. The number of nitrogens with one attached hydrogen (secondary N) is 1. The molecule has 0 bridgehead atoms. The van der Waals surface area contributed by atoms with Crippen molar-refractivity contribution in [3.63, 3.8) is 0 Å². The second kappa shape index (κ2) is 8.60. The Kier molecular flexibility index (Phi) is 5.99. The summed E-state index contributed by atoms with van der Waals surface area (Å²) in [5.41, 5.74) is 2.90. The molecule has 5 heteroatoms. The third kappa shape index (κ3) is 4.60. The molecule has 138 valence electrons. The molecule has 0 atom stereocenters. The number of benzene rings is 3. The summed E-state index contributed by atoms with van der Waals surface area (Å²) in [7, 11) is 1.59. The van der Waals surface area contributed by atoms with Gasteiger partial charge in [0.15, 0.2) is 0 Å². The Morgan fingerprint density at radius 1 is 1.00 bits per heavy atom. The number of ether oxygens (including phenoxy) is 2. The first-order chi connectivity index (χ1) is 13.1. The van der Waals surface area contributed by atoms with Crippen LogP contribution in [0.25, 0.3) is 0 Å². The fourth-order valence-corrected chi connectivity index (χ4v) is 2.85. The van der Waals surface area contributed by atoms with Crippen LogP contribution < -0.4 is 14.8 Å². The number of hydrogen-bond donors (Lipinski definition) is 1. The molecule has 0 radical (unpaired) electrons. The van der Waals surface area contributed by atoms with Gasteiger partial charge in [-0.25, -0.2) is 0 Å². The summed E-state index contributed by atoms with van der Waals surface area (Å²) in [5.74, 6) is 1.21. The Labute approximate surface area is 163 Å². The molecule has 3 rings (SSSR count). The summed E-state index contributed by atoms with van der Waals surface area (Å²) in [6, 6.07) is 20.1. The highest BCUT2D eigenvalue weighted by atomic mass is 35.5. The molecule has 0 aliphatic rings. The van der Waals surface area contributed by atoms with Crippen LogP contribution >= 0.6 is 11.6 Å². The minimum absolute atomic E-state index is 0.247. The van der Waals surface area contributed by atoms with Crippen LogP contribution in [0.1, 0.15) is 21.5 Å². The van der Waals surface area contributed by atoms with Gasteiger partial charge in [-0.05, 0) is 48.9 Å². The normalized spacial score (nSPS) is 10.3. The van der Waals surface area contributed by atoms with Crippen molar-refractivity contribution < 1.29 is 14.3 Å². The van der Waals surface area contributed by atoms with Crippen molar-refractivity contribution in [1.82, 2.24) is 0 Å². The van der Waals surface area contributed by atoms with Crippen LogP contribution in [0.15, 0.2) is 66.7 Å². The third-order valence-electron chi connectivity index (χ3n) is 4.14. The number of anilines is 1. The second-order valence-electron chi connectivity index (χ2n) is 6.01. The molecule has 4 nitrogen and oxygen atoms in total. The Bertz CT molecular complexity index is 956. The van der Waals surface area contributed by atoms with Crippen molar-refractivity contribution in [1.29, 1.82) is 0 Å². The van der Waals surface area contributed by atoms with Crippen molar-refractivity contribution in [3.8, 4) is 11.5 Å². The Morgan fingerprint density at radius 2 is 1.74 bits per heavy atom. The van der Waals surface area contributed by atoms with E-state index in [1.165, 1.54) is 0 Å². The minimum Gasteiger partial charge on any atom is -0.496 e. The summed E-state index contributed by atoms with van der Waals surface area (Å²) in [5, 5.41) is 3.31. The van der Waals surface area contributed by atoms with Crippen LogP contribution in [0.4, 0.5) is 5.69 Å². The first-order valence-corrected chi connectivity index (χ1v) is 8.87. The number of hydrogen-bond acceptors (Lipinski definition) is 3. The molecule has 0 spiro atoms. The maximum atomic E-state index is 12.6. The largest absolute Gasteiger partial charge is 0.496 e. The lowest BCUT2D eigenvalue weighted by atomic mass is 10.1. The van der Waals surface area contributed by atoms with Crippen LogP contribution in [0.2, 0.25) is 5.02 Å². The van der Waals surface area contributed by atoms with E-state index in [1.54, 1.807) is 37.4 Å². The molecule has 0 unspecified atom stereocenters. The number of carbonyl (C=O) groups is 1. The molecular weight excluding hydrogens is 362 g/mol. The maximum Gasteiger partial charge on any atom is 0.255 e. The van der Waals surface area contributed by atoms with Crippen LogP contribution in [0.3, 0.4) is 0 Å². The molecule has 0 aliphatic heterocycles. The van der Waals surface area contributed by atoms with E-state index in [0.717, 1.165) is 16.9 Å². The molecule has 1 N–H and O–H groups in total. The number of para-hydroxylation sites is 2. The van der Waals surface area contributed by atoms with Gasteiger partial charge in [-0.1, -0.05) is 41.9 Å². The van der Waals surface area contributed by atoms with E-state index in [0.29, 0.717) is 28.6 Å². The molecule has 0 aliphatic carbocycles. The van der Waals surface area contributed by atoms with Gasteiger partial charge in [-0.3, -0.25) is 4.79 Å². The Morgan fingerprint density at radius 3 is 2.48 bits per heavy atom. The van der Waals surface area contributed by atoms with Crippen LogP contribution in [0.5, 0.6) is 11.5 Å². The van der Waals surface area contributed by atoms with Gasteiger partial charge in [-0.2, -0.15) is 0 Å². The molecule has 1 amide bonds. The van der Waals surface area contributed by atoms with Gasteiger partial charge in [0.05, 0.1) is 17.8 Å². The number of rotatable bonds is 6. The van der Waals surface area contributed by atoms with E-state index < -0.39 is 0 Å². The van der Waals surface area contributed by atoms with Gasteiger partial charge in [0.2, 0.25) is 0 Å². The number of aryl methyl sites for hydroxylation is 1. The third-order valence-corrected chi connectivity index (χ3v) is 4.47. The highest BCUT2D eigenvalue weighted by molar-refractivity contribution is 6.33. The van der Waals surface area contributed by atoms with Gasteiger partial charge in [0.25, 0.3) is 5.91 Å². The summed E-state index contributed by atoms with van der Waals surface area (Å²) >= 11 is 6.11. The van der Waals surface area contributed by atoms with Crippen molar-refractivity contribution in [3.05, 3.63) is 88.4 Å². The molecule has 27 heavy (non-hydrogen) atoms. The molecule has 3 aromatic carbocycles. The summed E-state index contributed by atoms with van der Waals surface area (Å²) < 4.78 is 11.3. The molecule has 3 aromatic rings. The number of carbonyl (C=O) groups excluding carboxylic acids is 1. The standard InChI is InChI=1S/C22H20ClNO3/c1-15-7-3-6-10-20(15)27-14-17-13-16(11-12-21(17)26-2)22(25)24-19-9-5-4-8-18(19)23/h3-13H,14H2,1-2H3,(H,24,25). The zero-order valence-electron chi connectivity index (χ0n) is 15.2. The van der Waals surface area contributed by atoms with Gasteiger partial charge in [0.1, 0.15) is 18.1 Å². The molecule has 0 saturated heterocycles. The molecule has 0 heterocycles. The monoisotopic (exact) mass is 381 g/mol. The molecule has 0 fully saturated rings. The summed E-state index contributed by atoms with van der Waals surface area (Å²) in [4.78, 5) is 12.6. The second-order valence-corrected chi connectivity index (χ2v) is 6.42. The quantitative estimate of drug-likeness (QED) is 0.614. The molecule has 0 aromatic heterocycles. The zero-order chi connectivity index (χ0) is 19.2. The average molecular weight is 382 g/mol. The maximum absolute atomic E-state index is 12.6. The fourth-order valence-electron chi connectivity index (χ4n) is 2.66. The number of methoxy groups -OCH3 is 1. The van der Waals surface area contributed by atoms with E-state index in [9.17, 15) is 4.79 Å². The van der Waals surface area contributed by atoms with Crippen LogP contribution in [-0.4, -0.2) is 13.0 Å². The lowest BCUT2D eigenvalue weighted by Crippen LogP contribution is -2.13. The summed E-state index contributed by atoms with van der Waals surface area (Å²) in [6.45, 7) is 2.28. The van der Waals surface area contributed by atoms with Crippen molar-refractivity contribution >= 4 is 23.2 Å². The van der Waals surface area contributed by atoms with Crippen molar-refractivity contribution in [2.45, 2.75) is 13.5 Å². The van der Waals surface area contributed by atoms with Crippen molar-refractivity contribution in [2.24, 2.45) is 0 Å². The SMILES string of the molecule is COc1ccc(C(=O)Nc2ccccc2Cl)cc1COc1ccccc1C. The number of halogens is 1. The zero-order valence-corrected chi connectivity index (χ0v) is 15.9. The van der Waals surface area contributed by atoms with Crippen molar-refractivity contribution in [2.75, 3.05) is 12.4 Å². The van der Waals surface area contributed by atoms with Gasteiger partial charge < -0.3 is 14.8 Å². The van der Waals surface area contributed by atoms with E-state index in [2.05, 4.69) is 5.32 Å². The van der Waals surface area contributed by atoms with Gasteiger partial charge >= 0.3 is 0 Å². The lowest BCUT2D eigenvalue weighted by molar-refractivity contribution is 0.102. The van der Waals surface area contributed by atoms with E-state index in [1.807, 2.05) is 43.3 Å². The van der Waals surface area contributed by atoms with Gasteiger partial charge in [-0.15, -0.1) is 0 Å². The first kappa shape index (κ1) is 18.8. The molecular formula is C22H20ClNO3. The average Bonchev–Trinajstić information content (AvgIpc) is 2.69. The Balaban J connectivity index is 1.79. The van der Waals surface area contributed by atoms with E-state index >= 15 is 0 Å². The minimum atomic E-state index is -0.247. The predicted molar refractivity (Wildman–Crippen MR) is 108 cm³/mol. The van der Waals surface area contributed by atoms with E-state index in [4.69, 9.17) is 21.1 Å². The highest BCUT2D eigenvalue weighted by Gasteiger charge is 2.13. The number of amides is 1. The highest BCUT2D eigenvalue weighted by Crippen LogP contribution is 2.25. The topological polar surface area (TPSA) is 47.6 Å². The fraction of sp³-hybridized carbons (Fsp3) is 0.136. The van der Waals surface area contributed by atoms with Gasteiger partial charge in [0, 0.05) is 11.1 Å². The lowest BCUT2D eigenvalue weighted by Gasteiger charge is -2.13. The predicted octanol–water partition coefficient (Wildman–Crippen LogP) is 5.49. The summed E-state index contributed by atoms with van der Waals surface area (Å²) in [6.07, 6.45) is 0. The van der Waals surface area contributed by atoms with Crippen LogP contribution in [0, 0.1) is 6.92 Å². The van der Waals surface area contributed by atoms with Crippen LogP contribution in [-0.2, 0) is 6.61 Å². The van der Waals surface area contributed by atoms with E-state index in [-0.39, 0.29) is 5.91 Å².